The Bertz CT molecular complexity index is 1550. The predicted molar refractivity (Wildman–Crippen MR) is 120 cm³/mol. The minimum absolute atomic E-state index is 0.146. The first kappa shape index (κ1) is 18.9. The van der Waals surface area contributed by atoms with Gasteiger partial charge in [0.15, 0.2) is 11.2 Å². The minimum atomic E-state index is -0.416. The van der Waals surface area contributed by atoms with Gasteiger partial charge in [0.2, 0.25) is 5.95 Å². The van der Waals surface area contributed by atoms with Gasteiger partial charge in [0.05, 0.1) is 6.54 Å². The zero-order valence-corrected chi connectivity index (χ0v) is 17.4. The summed E-state index contributed by atoms with van der Waals surface area (Å²) in [5.41, 5.74) is 3.57. The van der Waals surface area contributed by atoms with Gasteiger partial charge in [0.25, 0.3) is 5.56 Å². The van der Waals surface area contributed by atoms with Crippen molar-refractivity contribution in [2.75, 3.05) is 5.32 Å². The van der Waals surface area contributed by atoms with Crippen LogP contribution in [0.5, 0.6) is 0 Å². The molecular weight excluding hydrogens is 394 g/mol. The Hall–Kier alpha value is -4.14. The van der Waals surface area contributed by atoms with Crippen LogP contribution in [0.15, 0.2) is 58.4 Å². The van der Waals surface area contributed by atoms with Gasteiger partial charge in [0, 0.05) is 43.4 Å². The standard InChI is InChI=1S/C22H21N7O2/c1-13-4-5-17-14(10-13)11-16(24-17)12-29-20(30)18-19(28(3)22(29)31)26-21(27(18)2)25-15-6-8-23-9-7-15/h4-11,24H,12H2,1-3H3,(H,23,25,26). The zero-order valence-electron chi connectivity index (χ0n) is 17.4. The summed E-state index contributed by atoms with van der Waals surface area (Å²) in [6.07, 6.45) is 3.32. The molecule has 0 bridgehead atoms. The van der Waals surface area contributed by atoms with E-state index in [1.54, 1.807) is 43.2 Å². The van der Waals surface area contributed by atoms with Crippen molar-refractivity contribution in [3.63, 3.8) is 0 Å². The summed E-state index contributed by atoms with van der Waals surface area (Å²) in [6, 6.07) is 11.7. The second-order valence-corrected chi connectivity index (χ2v) is 7.65. The van der Waals surface area contributed by atoms with Crippen molar-refractivity contribution in [2.24, 2.45) is 14.1 Å². The number of fused-ring (bicyclic) bond motifs is 2. The molecule has 0 unspecified atom stereocenters. The highest BCUT2D eigenvalue weighted by molar-refractivity contribution is 5.81. The molecule has 2 N–H and O–H groups in total. The lowest BCUT2D eigenvalue weighted by Crippen LogP contribution is -2.39. The summed E-state index contributed by atoms with van der Waals surface area (Å²) in [6.45, 7) is 2.17. The van der Waals surface area contributed by atoms with Crippen LogP contribution in [0.25, 0.3) is 22.1 Å². The van der Waals surface area contributed by atoms with Crippen LogP contribution < -0.4 is 16.6 Å². The number of aromatic nitrogens is 6. The number of anilines is 2. The van der Waals surface area contributed by atoms with Crippen molar-refractivity contribution in [2.45, 2.75) is 13.5 Å². The van der Waals surface area contributed by atoms with Crippen LogP contribution in [0.4, 0.5) is 11.6 Å². The number of hydrogen-bond acceptors (Lipinski definition) is 5. The number of pyridine rings is 1. The SMILES string of the molecule is Cc1ccc2[nH]c(Cn3c(=O)c4c(nc(Nc5ccncc5)n4C)n(C)c3=O)cc2c1. The van der Waals surface area contributed by atoms with Crippen LogP contribution in [0, 0.1) is 6.92 Å². The van der Waals surface area contributed by atoms with Crippen LogP contribution in [0.2, 0.25) is 0 Å². The monoisotopic (exact) mass is 415 g/mol. The second kappa shape index (κ2) is 6.98. The maximum atomic E-state index is 13.3. The molecule has 0 aliphatic heterocycles. The van der Waals surface area contributed by atoms with E-state index >= 15 is 0 Å². The maximum absolute atomic E-state index is 13.3. The number of nitrogens with one attached hydrogen (secondary N) is 2. The molecule has 0 saturated heterocycles. The zero-order chi connectivity index (χ0) is 21.7. The van der Waals surface area contributed by atoms with Crippen molar-refractivity contribution < 1.29 is 0 Å². The first-order chi connectivity index (χ1) is 14.9. The molecule has 0 atom stereocenters. The fourth-order valence-electron chi connectivity index (χ4n) is 3.83. The number of benzene rings is 1. The molecule has 156 valence electrons. The minimum Gasteiger partial charge on any atom is -0.357 e. The molecule has 9 nitrogen and oxygen atoms in total. The Labute approximate surface area is 176 Å². The highest BCUT2D eigenvalue weighted by atomic mass is 16.2. The highest BCUT2D eigenvalue weighted by Crippen LogP contribution is 2.19. The van der Waals surface area contributed by atoms with Crippen LogP contribution in [0.1, 0.15) is 11.3 Å². The van der Waals surface area contributed by atoms with E-state index in [4.69, 9.17) is 0 Å². The average molecular weight is 415 g/mol. The van der Waals surface area contributed by atoms with Gasteiger partial charge >= 0.3 is 5.69 Å². The van der Waals surface area contributed by atoms with Gasteiger partial charge < -0.3 is 14.9 Å². The fourth-order valence-corrected chi connectivity index (χ4v) is 3.83. The molecule has 0 radical (unpaired) electrons. The van der Waals surface area contributed by atoms with Gasteiger partial charge in [-0.05, 0) is 42.6 Å². The molecule has 9 heteroatoms. The Balaban J connectivity index is 1.62. The summed E-state index contributed by atoms with van der Waals surface area (Å²) < 4.78 is 4.31. The van der Waals surface area contributed by atoms with Crippen molar-refractivity contribution in [3.05, 3.63) is 80.9 Å². The number of rotatable bonds is 4. The van der Waals surface area contributed by atoms with Crippen molar-refractivity contribution in [1.29, 1.82) is 0 Å². The summed E-state index contributed by atoms with van der Waals surface area (Å²) >= 11 is 0. The molecular formula is C22H21N7O2. The molecule has 0 aliphatic rings. The number of imidazole rings is 1. The summed E-state index contributed by atoms with van der Waals surface area (Å²) in [4.78, 5) is 38.1. The third kappa shape index (κ3) is 3.10. The Kier molecular flexibility index (Phi) is 4.25. The fraction of sp³-hybridized carbons (Fsp3) is 0.182. The molecule has 31 heavy (non-hydrogen) atoms. The van der Waals surface area contributed by atoms with E-state index in [9.17, 15) is 9.59 Å². The summed E-state index contributed by atoms with van der Waals surface area (Å²) in [7, 11) is 3.37. The van der Waals surface area contributed by atoms with Crippen LogP contribution in [0.3, 0.4) is 0 Å². The first-order valence-corrected chi connectivity index (χ1v) is 9.84. The number of H-pyrrole nitrogens is 1. The van der Waals surface area contributed by atoms with Crippen molar-refractivity contribution in [1.82, 2.24) is 28.7 Å². The molecule has 5 rings (SSSR count). The predicted octanol–water partition coefficient (Wildman–Crippen LogP) is 2.41. The van der Waals surface area contributed by atoms with E-state index in [1.807, 2.05) is 25.1 Å². The van der Waals surface area contributed by atoms with Gasteiger partial charge in [-0.2, -0.15) is 4.98 Å². The molecule has 0 amide bonds. The lowest BCUT2D eigenvalue weighted by atomic mass is 10.2. The van der Waals surface area contributed by atoms with Gasteiger partial charge in [-0.3, -0.25) is 18.9 Å². The van der Waals surface area contributed by atoms with E-state index in [0.29, 0.717) is 17.1 Å². The number of nitrogens with zero attached hydrogens (tertiary/aromatic N) is 5. The van der Waals surface area contributed by atoms with Crippen LogP contribution >= 0.6 is 0 Å². The average Bonchev–Trinajstić information content (AvgIpc) is 3.30. The van der Waals surface area contributed by atoms with Gasteiger partial charge in [-0.15, -0.1) is 0 Å². The second-order valence-electron chi connectivity index (χ2n) is 7.65. The van der Waals surface area contributed by atoms with E-state index < -0.39 is 5.69 Å². The van der Waals surface area contributed by atoms with E-state index in [0.717, 1.165) is 27.8 Å². The van der Waals surface area contributed by atoms with Gasteiger partial charge in [0.1, 0.15) is 0 Å². The highest BCUT2D eigenvalue weighted by Gasteiger charge is 2.19. The summed E-state index contributed by atoms with van der Waals surface area (Å²) in [5.74, 6) is 0.465. The lowest BCUT2D eigenvalue weighted by Gasteiger charge is -2.08. The topological polar surface area (TPSA) is 103 Å². The molecule has 0 saturated carbocycles. The Morgan fingerprint density at radius 1 is 1.03 bits per heavy atom. The number of hydrogen-bond donors (Lipinski definition) is 2. The molecule has 0 fully saturated rings. The number of aromatic amines is 1. The van der Waals surface area contributed by atoms with Crippen LogP contribution in [-0.4, -0.2) is 28.7 Å². The third-order valence-corrected chi connectivity index (χ3v) is 5.46. The smallest absolute Gasteiger partial charge is 0.332 e. The van der Waals surface area contributed by atoms with Crippen molar-refractivity contribution in [3.8, 4) is 0 Å². The van der Waals surface area contributed by atoms with Crippen LogP contribution in [-0.2, 0) is 20.6 Å². The molecule has 5 aromatic rings. The Morgan fingerprint density at radius 3 is 2.58 bits per heavy atom. The lowest BCUT2D eigenvalue weighted by molar-refractivity contribution is 0.648. The summed E-state index contributed by atoms with van der Waals surface area (Å²) in [5, 5.41) is 4.22. The molecule has 0 aliphatic carbocycles. The van der Waals surface area contributed by atoms with Gasteiger partial charge in [-0.25, -0.2) is 4.79 Å². The van der Waals surface area contributed by atoms with Crippen molar-refractivity contribution >= 4 is 33.7 Å². The first-order valence-electron chi connectivity index (χ1n) is 9.84. The van der Waals surface area contributed by atoms with E-state index in [-0.39, 0.29) is 12.1 Å². The quantitative estimate of drug-likeness (QED) is 0.469. The Morgan fingerprint density at radius 2 is 1.81 bits per heavy atom. The van der Waals surface area contributed by atoms with E-state index in [2.05, 4.69) is 26.3 Å². The molecule has 0 spiro atoms. The maximum Gasteiger partial charge on any atom is 0.332 e. The third-order valence-electron chi connectivity index (χ3n) is 5.46. The van der Waals surface area contributed by atoms with E-state index in [1.165, 1.54) is 9.13 Å². The molecule has 4 aromatic heterocycles. The normalized spacial score (nSPS) is 11.5. The largest absolute Gasteiger partial charge is 0.357 e. The molecule has 4 heterocycles. The number of aryl methyl sites for hydroxylation is 3. The molecule has 1 aromatic carbocycles. The van der Waals surface area contributed by atoms with Gasteiger partial charge in [-0.1, -0.05) is 11.6 Å².